The van der Waals surface area contributed by atoms with Crippen LogP contribution in [0.3, 0.4) is 0 Å². The van der Waals surface area contributed by atoms with Crippen molar-refractivity contribution >= 4 is 23.4 Å². The van der Waals surface area contributed by atoms with E-state index in [0.29, 0.717) is 0 Å². The standard InChI is InChI=1S/C6H5N3OS/c7-8-4-5(10)9-2-1-3-11-6(4)9/h1-2,6H,3H2/t6-/m0/s1. The number of β-lactam (4-membered cyclic amide) rings is 1. The Morgan fingerprint density at radius 1 is 1.82 bits per heavy atom. The van der Waals surface area contributed by atoms with Crippen LogP contribution >= 0.6 is 11.8 Å². The van der Waals surface area contributed by atoms with E-state index >= 15 is 0 Å². The van der Waals surface area contributed by atoms with Crippen LogP contribution in [0.2, 0.25) is 0 Å². The van der Waals surface area contributed by atoms with Crippen LogP contribution < -0.4 is 0 Å². The lowest BCUT2D eigenvalue weighted by molar-refractivity contribution is -0.133. The number of rotatable bonds is 0. The summed E-state index contributed by atoms with van der Waals surface area (Å²) in [5, 5.41) is -0.0440. The fourth-order valence-electron chi connectivity index (χ4n) is 1.11. The van der Waals surface area contributed by atoms with Crippen molar-refractivity contribution in [2.45, 2.75) is 5.37 Å². The Hall–Kier alpha value is -1.06. The minimum atomic E-state index is -0.194. The lowest BCUT2D eigenvalue weighted by Gasteiger charge is -2.34. The summed E-state index contributed by atoms with van der Waals surface area (Å²) in [7, 11) is 0. The Morgan fingerprint density at radius 2 is 2.64 bits per heavy atom. The molecule has 1 fully saturated rings. The number of carbonyl (C=O) groups is 1. The molecule has 0 aromatic rings. The van der Waals surface area contributed by atoms with E-state index in [2.05, 4.69) is 4.79 Å². The van der Waals surface area contributed by atoms with Crippen LogP contribution in [0.5, 0.6) is 0 Å². The second-order valence-corrected chi connectivity index (χ2v) is 3.38. The maximum atomic E-state index is 11.0. The average Bonchev–Trinajstić information content (AvgIpc) is 2.05. The van der Waals surface area contributed by atoms with Gasteiger partial charge in [0.1, 0.15) is 0 Å². The van der Waals surface area contributed by atoms with Gasteiger partial charge in [0.05, 0.1) is 0 Å². The summed E-state index contributed by atoms with van der Waals surface area (Å²) in [6.07, 6.45) is 3.64. The highest BCUT2D eigenvalue weighted by molar-refractivity contribution is 8.01. The first kappa shape index (κ1) is 6.64. The number of fused-ring (bicyclic) bond motifs is 1. The monoisotopic (exact) mass is 167 g/mol. The zero-order chi connectivity index (χ0) is 7.84. The molecule has 0 aliphatic carbocycles. The molecule has 1 atom stereocenters. The van der Waals surface area contributed by atoms with Crippen LogP contribution in [0.4, 0.5) is 0 Å². The van der Waals surface area contributed by atoms with Gasteiger partial charge in [-0.05, 0) is 0 Å². The second-order valence-electron chi connectivity index (χ2n) is 2.27. The molecule has 4 nitrogen and oxygen atoms in total. The van der Waals surface area contributed by atoms with Gasteiger partial charge in [-0.15, -0.1) is 11.8 Å². The van der Waals surface area contributed by atoms with Gasteiger partial charge in [0.25, 0.3) is 0 Å². The highest BCUT2D eigenvalue weighted by Gasteiger charge is 2.51. The number of amides is 1. The van der Waals surface area contributed by atoms with Crippen LogP contribution in [-0.4, -0.2) is 32.4 Å². The molecule has 0 spiro atoms. The zero-order valence-corrected chi connectivity index (χ0v) is 6.41. The SMILES string of the molecule is [N-]=[N+]=C1C(=O)N2C=CCS[C@@H]12. The molecule has 11 heavy (non-hydrogen) atoms. The number of thioether (sulfide) groups is 1. The summed E-state index contributed by atoms with van der Waals surface area (Å²) >= 11 is 1.58. The van der Waals surface area contributed by atoms with Crippen LogP contribution in [-0.2, 0) is 4.79 Å². The summed E-state index contributed by atoms with van der Waals surface area (Å²) < 4.78 is 0. The Morgan fingerprint density at radius 3 is 3.36 bits per heavy atom. The molecule has 0 saturated carbocycles. The van der Waals surface area contributed by atoms with Crippen molar-refractivity contribution in [2.75, 3.05) is 5.75 Å². The Balaban J connectivity index is 2.32. The van der Waals surface area contributed by atoms with Crippen molar-refractivity contribution in [3.8, 4) is 0 Å². The van der Waals surface area contributed by atoms with Gasteiger partial charge in [-0.1, -0.05) is 6.08 Å². The number of hydrogen-bond donors (Lipinski definition) is 0. The first-order chi connectivity index (χ1) is 5.34. The topological polar surface area (TPSA) is 56.7 Å². The number of carbonyl (C=O) groups excluding carboxylic acids is 1. The average molecular weight is 167 g/mol. The minimum Gasteiger partial charge on any atom is -0.361 e. The molecule has 0 N–H and O–H groups in total. The quantitative estimate of drug-likeness (QED) is 0.291. The van der Waals surface area contributed by atoms with Crippen molar-refractivity contribution in [1.82, 2.24) is 4.90 Å². The molecule has 1 saturated heterocycles. The van der Waals surface area contributed by atoms with E-state index in [1.165, 1.54) is 0 Å². The lowest BCUT2D eigenvalue weighted by Crippen LogP contribution is -2.58. The van der Waals surface area contributed by atoms with Crippen LogP contribution in [0.25, 0.3) is 5.53 Å². The van der Waals surface area contributed by atoms with E-state index < -0.39 is 0 Å². The third-order valence-electron chi connectivity index (χ3n) is 1.66. The van der Waals surface area contributed by atoms with E-state index in [-0.39, 0.29) is 17.0 Å². The summed E-state index contributed by atoms with van der Waals surface area (Å²) in [4.78, 5) is 15.5. The fraction of sp³-hybridized carbons (Fsp3) is 0.333. The normalized spacial score (nSPS) is 27.6. The molecule has 2 heterocycles. The van der Waals surface area contributed by atoms with Crippen LogP contribution in [0, 0.1) is 0 Å². The summed E-state index contributed by atoms with van der Waals surface area (Å²) in [6.45, 7) is 0. The molecule has 0 bridgehead atoms. The summed E-state index contributed by atoms with van der Waals surface area (Å²) in [5.74, 6) is 0.675. The second kappa shape index (κ2) is 2.22. The van der Waals surface area contributed by atoms with Gasteiger partial charge in [0.15, 0.2) is 5.37 Å². The largest absolute Gasteiger partial charge is 0.389 e. The molecule has 1 amide bonds. The zero-order valence-electron chi connectivity index (χ0n) is 5.60. The van der Waals surface area contributed by atoms with Gasteiger partial charge in [-0.25, -0.2) is 0 Å². The van der Waals surface area contributed by atoms with E-state index in [1.54, 1.807) is 22.9 Å². The fourth-order valence-corrected chi connectivity index (χ4v) is 2.12. The minimum absolute atomic E-state index is 0.0440. The van der Waals surface area contributed by atoms with E-state index in [1.807, 2.05) is 6.08 Å². The molecule has 0 aromatic carbocycles. The highest BCUT2D eigenvalue weighted by Crippen LogP contribution is 2.29. The Kier molecular flexibility index (Phi) is 1.34. The van der Waals surface area contributed by atoms with Gasteiger partial charge in [0, 0.05) is 12.0 Å². The molecule has 0 radical (unpaired) electrons. The van der Waals surface area contributed by atoms with E-state index in [4.69, 9.17) is 5.53 Å². The summed E-state index contributed by atoms with van der Waals surface area (Å²) in [6, 6.07) is 0. The molecule has 2 aliphatic heterocycles. The van der Waals surface area contributed by atoms with Crippen molar-refractivity contribution in [2.24, 2.45) is 0 Å². The molecule has 2 rings (SSSR count). The van der Waals surface area contributed by atoms with Crippen molar-refractivity contribution < 1.29 is 9.58 Å². The van der Waals surface area contributed by atoms with Crippen LogP contribution in [0.1, 0.15) is 0 Å². The molecule has 2 aliphatic rings. The predicted molar refractivity (Wildman–Crippen MR) is 40.9 cm³/mol. The third kappa shape index (κ3) is 0.751. The Labute approximate surface area is 67.5 Å². The van der Waals surface area contributed by atoms with Crippen LogP contribution in [0.15, 0.2) is 12.3 Å². The molecular formula is C6H5N3OS. The van der Waals surface area contributed by atoms with Gasteiger partial charge in [-0.3, -0.25) is 9.69 Å². The lowest BCUT2D eigenvalue weighted by atomic mass is 10.2. The van der Waals surface area contributed by atoms with Gasteiger partial charge >= 0.3 is 11.6 Å². The highest BCUT2D eigenvalue weighted by atomic mass is 32.2. The molecule has 56 valence electrons. The van der Waals surface area contributed by atoms with E-state index in [0.717, 1.165) is 5.75 Å². The van der Waals surface area contributed by atoms with Gasteiger partial charge in [-0.2, -0.15) is 4.79 Å². The Bertz CT molecular complexity index is 292. The van der Waals surface area contributed by atoms with Crippen molar-refractivity contribution in [3.05, 3.63) is 17.8 Å². The van der Waals surface area contributed by atoms with Gasteiger partial charge < -0.3 is 5.53 Å². The molecule has 0 unspecified atom stereocenters. The van der Waals surface area contributed by atoms with Crippen molar-refractivity contribution in [3.63, 3.8) is 0 Å². The predicted octanol–water partition coefficient (Wildman–Crippen LogP) is 0.0860. The maximum Gasteiger partial charge on any atom is 0.389 e. The van der Waals surface area contributed by atoms with E-state index in [9.17, 15) is 4.79 Å². The number of nitrogens with zero attached hydrogens (tertiary/aromatic N) is 3. The molecular weight excluding hydrogens is 162 g/mol. The maximum absolute atomic E-state index is 11.0. The summed E-state index contributed by atoms with van der Waals surface area (Å²) in [5.41, 5.74) is 8.66. The van der Waals surface area contributed by atoms with Gasteiger partial charge in [0.2, 0.25) is 0 Å². The first-order valence-electron chi connectivity index (χ1n) is 3.17. The molecule has 0 aromatic heterocycles. The van der Waals surface area contributed by atoms with Crippen molar-refractivity contribution in [1.29, 1.82) is 0 Å². The smallest absolute Gasteiger partial charge is 0.361 e. The number of hydrogen-bond acceptors (Lipinski definition) is 2. The molecule has 5 heteroatoms. The third-order valence-corrected chi connectivity index (χ3v) is 2.82. The first-order valence-corrected chi connectivity index (χ1v) is 4.22.